The number of fused-ring (bicyclic) bond motifs is 1. The molecule has 42 heavy (non-hydrogen) atoms. The predicted octanol–water partition coefficient (Wildman–Crippen LogP) is 2.94. The molecule has 2 heterocycles. The van der Waals surface area contributed by atoms with Gasteiger partial charge in [-0.15, -0.1) is 0 Å². The molecule has 0 radical (unpaired) electrons. The van der Waals surface area contributed by atoms with Crippen LogP contribution in [0.15, 0.2) is 57.4 Å². The second-order valence-corrected chi connectivity index (χ2v) is 9.85. The fraction of sp³-hybridized carbons (Fsp3) is 0.379. The number of hydrogen-bond donors (Lipinski definition) is 1. The van der Waals surface area contributed by atoms with Gasteiger partial charge in [-0.2, -0.15) is 8.78 Å². The standard InChI is InChI=1S/C29H34F2N6O5/c1-18(14-33-29(32-3)35-12-13-36(19(2)15-35)24(39)17-38)21-10-11-22-25(26(21)41-5)37(34(4)27(22)40)16-20-8-6-7-9-23(20)42-28(30)31/h6-11,14,19,28,38H,3,12-13,15-17H2,1-2,4-5H3/b18-14+,33-29+/t19-/m1/s1. The SMILES string of the molecule is C=N/C(=N\C=C(/C)c1ccc2c(=O)n(C)n(Cc3ccccc3OC(F)F)c2c1OC)N1CCN(C(=O)CO)[C@H](C)C1. The van der Waals surface area contributed by atoms with E-state index in [0.717, 1.165) is 0 Å². The number of methoxy groups -OCH3 is 1. The van der Waals surface area contributed by atoms with Gasteiger partial charge in [0.25, 0.3) is 5.56 Å². The van der Waals surface area contributed by atoms with Crippen molar-refractivity contribution in [1.82, 2.24) is 19.2 Å². The highest BCUT2D eigenvalue weighted by Gasteiger charge is 2.28. The number of aromatic nitrogens is 2. The minimum absolute atomic E-state index is 0.0164. The summed E-state index contributed by atoms with van der Waals surface area (Å²) >= 11 is 0. The van der Waals surface area contributed by atoms with Gasteiger partial charge in [0, 0.05) is 50.1 Å². The van der Waals surface area contributed by atoms with Crippen molar-refractivity contribution in [3.63, 3.8) is 0 Å². The number of aliphatic hydroxyl groups is 1. The molecule has 1 N–H and O–H groups in total. The number of halogens is 2. The highest BCUT2D eigenvalue weighted by molar-refractivity contribution is 5.91. The number of guanidine groups is 1. The van der Waals surface area contributed by atoms with Crippen molar-refractivity contribution in [3.05, 3.63) is 64.1 Å². The van der Waals surface area contributed by atoms with E-state index in [1.807, 2.05) is 18.7 Å². The number of amides is 1. The highest BCUT2D eigenvalue weighted by atomic mass is 19.3. The average Bonchev–Trinajstić information content (AvgIpc) is 3.22. The van der Waals surface area contributed by atoms with Gasteiger partial charge in [-0.1, -0.05) is 18.2 Å². The number of alkyl halides is 2. The lowest BCUT2D eigenvalue weighted by Gasteiger charge is -2.39. The van der Waals surface area contributed by atoms with Crippen molar-refractivity contribution in [3.8, 4) is 11.5 Å². The molecule has 0 saturated carbocycles. The lowest BCUT2D eigenvalue weighted by molar-refractivity contribution is -0.137. The third kappa shape index (κ3) is 6.05. The summed E-state index contributed by atoms with van der Waals surface area (Å²) in [7, 11) is 3.09. The average molecular weight is 585 g/mol. The number of allylic oxidation sites excluding steroid dienone is 1. The van der Waals surface area contributed by atoms with E-state index in [1.54, 1.807) is 53.2 Å². The Morgan fingerprint density at radius 3 is 2.62 bits per heavy atom. The normalized spacial score (nSPS) is 16.3. The summed E-state index contributed by atoms with van der Waals surface area (Å²) in [6, 6.07) is 9.74. The maximum Gasteiger partial charge on any atom is 0.387 e. The topological polar surface area (TPSA) is 114 Å². The first kappa shape index (κ1) is 30.4. The zero-order valence-electron chi connectivity index (χ0n) is 24.0. The van der Waals surface area contributed by atoms with Crippen molar-refractivity contribution >= 4 is 35.1 Å². The van der Waals surface area contributed by atoms with Crippen LogP contribution in [0.3, 0.4) is 0 Å². The molecule has 1 aliphatic rings. The largest absolute Gasteiger partial charge is 0.494 e. The number of carbonyl (C=O) groups excluding carboxylic acids is 1. The molecule has 224 valence electrons. The molecule has 4 rings (SSSR count). The van der Waals surface area contributed by atoms with Gasteiger partial charge in [-0.05, 0) is 44.3 Å². The second-order valence-electron chi connectivity index (χ2n) is 9.85. The Balaban J connectivity index is 1.71. The van der Waals surface area contributed by atoms with Crippen LogP contribution in [0.1, 0.15) is 25.0 Å². The number of nitrogens with zero attached hydrogens (tertiary/aromatic N) is 6. The van der Waals surface area contributed by atoms with Crippen molar-refractivity contribution in [2.24, 2.45) is 17.0 Å². The highest BCUT2D eigenvalue weighted by Crippen LogP contribution is 2.34. The number of para-hydroxylation sites is 1. The first-order valence-corrected chi connectivity index (χ1v) is 13.3. The Morgan fingerprint density at radius 2 is 1.98 bits per heavy atom. The maximum absolute atomic E-state index is 13.1. The summed E-state index contributed by atoms with van der Waals surface area (Å²) in [5, 5.41) is 9.61. The van der Waals surface area contributed by atoms with E-state index in [-0.39, 0.29) is 29.8 Å². The lowest BCUT2D eigenvalue weighted by Crippen LogP contribution is -2.55. The van der Waals surface area contributed by atoms with Crippen LogP contribution in [0.2, 0.25) is 0 Å². The van der Waals surface area contributed by atoms with Crippen molar-refractivity contribution < 1.29 is 28.2 Å². The van der Waals surface area contributed by atoms with Gasteiger partial charge in [0.1, 0.15) is 17.9 Å². The van der Waals surface area contributed by atoms with Gasteiger partial charge in [-0.25, -0.2) is 9.98 Å². The van der Waals surface area contributed by atoms with Crippen LogP contribution in [0, 0.1) is 0 Å². The quantitative estimate of drug-likeness (QED) is 0.322. The number of hydrogen-bond acceptors (Lipinski definition) is 6. The van der Waals surface area contributed by atoms with Crippen LogP contribution in [-0.4, -0.2) is 88.9 Å². The molecule has 1 amide bonds. The Hall–Kier alpha value is -4.52. The molecule has 1 fully saturated rings. The fourth-order valence-electron chi connectivity index (χ4n) is 5.19. The number of ether oxygens (including phenoxy) is 2. The molecule has 0 spiro atoms. The zero-order chi connectivity index (χ0) is 30.6. The summed E-state index contributed by atoms with van der Waals surface area (Å²) in [6.45, 7) is 5.29. The van der Waals surface area contributed by atoms with Crippen LogP contribution in [0.5, 0.6) is 11.5 Å². The van der Waals surface area contributed by atoms with Crippen LogP contribution in [0.4, 0.5) is 8.78 Å². The Morgan fingerprint density at radius 1 is 1.24 bits per heavy atom. The molecular weight excluding hydrogens is 550 g/mol. The molecule has 3 aromatic rings. The smallest absolute Gasteiger partial charge is 0.387 e. The molecule has 1 aliphatic heterocycles. The Kier molecular flexibility index (Phi) is 9.41. The summed E-state index contributed by atoms with van der Waals surface area (Å²) in [5.41, 5.74) is 2.06. The number of carbonyl (C=O) groups is 1. The van der Waals surface area contributed by atoms with Gasteiger partial charge in [0.05, 0.1) is 19.0 Å². The van der Waals surface area contributed by atoms with Crippen LogP contribution in [0.25, 0.3) is 16.5 Å². The van der Waals surface area contributed by atoms with Gasteiger partial charge >= 0.3 is 6.61 Å². The summed E-state index contributed by atoms with van der Waals surface area (Å²) < 4.78 is 39.7. The first-order valence-electron chi connectivity index (χ1n) is 13.3. The van der Waals surface area contributed by atoms with Gasteiger partial charge in [0.15, 0.2) is 5.75 Å². The van der Waals surface area contributed by atoms with Crippen LogP contribution >= 0.6 is 0 Å². The minimum Gasteiger partial charge on any atom is -0.494 e. The van der Waals surface area contributed by atoms with Crippen molar-refractivity contribution in [2.75, 3.05) is 33.4 Å². The summed E-state index contributed by atoms with van der Waals surface area (Å²) in [4.78, 5) is 37.3. The second kappa shape index (κ2) is 13.0. The third-order valence-electron chi connectivity index (χ3n) is 7.29. The van der Waals surface area contributed by atoms with E-state index in [4.69, 9.17) is 9.47 Å². The molecule has 13 heteroatoms. The van der Waals surface area contributed by atoms with Gasteiger partial charge < -0.3 is 24.4 Å². The Labute approximate surface area is 241 Å². The molecule has 1 aromatic heterocycles. The first-order chi connectivity index (χ1) is 20.1. The molecular formula is C29H34F2N6O5. The number of rotatable bonds is 8. The number of aliphatic hydroxyl groups excluding tert-OH is 1. The van der Waals surface area contributed by atoms with E-state index in [9.17, 15) is 23.5 Å². The minimum atomic E-state index is -2.99. The van der Waals surface area contributed by atoms with Crippen molar-refractivity contribution in [2.45, 2.75) is 33.0 Å². The van der Waals surface area contributed by atoms with E-state index in [2.05, 4.69) is 16.7 Å². The van der Waals surface area contributed by atoms with Crippen LogP contribution in [-0.2, 0) is 18.4 Å². The van der Waals surface area contributed by atoms with E-state index in [1.165, 1.54) is 17.9 Å². The lowest BCUT2D eigenvalue weighted by atomic mass is 10.0. The van der Waals surface area contributed by atoms with Gasteiger partial charge in [-0.3, -0.25) is 19.0 Å². The van der Waals surface area contributed by atoms with Gasteiger partial charge in [0.2, 0.25) is 11.9 Å². The number of aliphatic imine (C=N–C) groups is 2. The zero-order valence-corrected chi connectivity index (χ0v) is 24.0. The molecule has 2 aromatic carbocycles. The van der Waals surface area contributed by atoms with E-state index in [0.29, 0.717) is 58.9 Å². The number of piperazine rings is 1. The molecule has 0 aliphatic carbocycles. The monoisotopic (exact) mass is 584 g/mol. The molecule has 11 nitrogen and oxygen atoms in total. The molecule has 1 atom stereocenters. The van der Waals surface area contributed by atoms with E-state index < -0.39 is 13.2 Å². The maximum atomic E-state index is 13.1. The molecule has 1 saturated heterocycles. The molecule has 0 unspecified atom stereocenters. The Bertz CT molecular complexity index is 1600. The predicted molar refractivity (Wildman–Crippen MR) is 156 cm³/mol. The fourth-order valence-corrected chi connectivity index (χ4v) is 5.19. The third-order valence-corrected chi connectivity index (χ3v) is 7.29. The summed E-state index contributed by atoms with van der Waals surface area (Å²) in [6.07, 6.45) is 1.63. The summed E-state index contributed by atoms with van der Waals surface area (Å²) in [5.74, 6) is 0.487. The molecule has 0 bridgehead atoms. The van der Waals surface area contributed by atoms with E-state index >= 15 is 0 Å². The van der Waals surface area contributed by atoms with Crippen molar-refractivity contribution in [1.29, 1.82) is 0 Å². The number of benzene rings is 2. The van der Waals surface area contributed by atoms with Crippen LogP contribution < -0.4 is 15.0 Å².